The van der Waals surface area contributed by atoms with Crippen LogP contribution in [0.2, 0.25) is 5.15 Å². The molecule has 0 radical (unpaired) electrons. The summed E-state index contributed by atoms with van der Waals surface area (Å²) in [6.07, 6.45) is 1.67. The fourth-order valence-corrected chi connectivity index (χ4v) is 1.69. The topological polar surface area (TPSA) is 69.9 Å². The van der Waals surface area contributed by atoms with Crippen molar-refractivity contribution in [1.29, 1.82) is 0 Å². The number of pyridine rings is 1. The lowest BCUT2D eigenvalue weighted by Crippen LogP contribution is -2.22. The van der Waals surface area contributed by atoms with Crippen molar-refractivity contribution in [2.24, 2.45) is 12.2 Å². The van der Waals surface area contributed by atoms with E-state index in [1.54, 1.807) is 0 Å². The van der Waals surface area contributed by atoms with E-state index in [0.29, 0.717) is 5.56 Å². The first kappa shape index (κ1) is 14.2. The van der Waals surface area contributed by atoms with Crippen LogP contribution >= 0.6 is 11.6 Å². The van der Waals surface area contributed by atoms with E-state index in [2.05, 4.69) is 14.7 Å². The predicted octanol–water partition coefficient (Wildman–Crippen LogP) is 1.00. The predicted molar refractivity (Wildman–Crippen MR) is 67.2 cm³/mol. The minimum Gasteiger partial charge on any atom is -0.465 e. The molecule has 1 rings (SSSR count). The lowest BCUT2D eigenvalue weighted by Gasteiger charge is -2.10. The summed E-state index contributed by atoms with van der Waals surface area (Å²) in [7, 11) is 4.12. The van der Waals surface area contributed by atoms with Crippen LogP contribution in [0.15, 0.2) is 16.0 Å². The standard InChI is InChI=1S/C11H13ClN2O4/c1-14-8(15)6-7(4-5-13-18-3)9(10(14)12)11(16)17-2/h5-6H,4H2,1-3H3/b13-5+. The Bertz CT molecular complexity index is 537. The Hall–Kier alpha value is -1.82. The van der Waals surface area contributed by atoms with Gasteiger partial charge in [0.05, 0.1) is 12.7 Å². The van der Waals surface area contributed by atoms with Crippen LogP contribution in [-0.4, -0.2) is 31.0 Å². The quantitative estimate of drug-likeness (QED) is 0.355. The van der Waals surface area contributed by atoms with E-state index in [0.717, 1.165) is 0 Å². The minimum absolute atomic E-state index is 0.0372. The van der Waals surface area contributed by atoms with E-state index in [1.807, 2.05) is 0 Å². The SMILES string of the molecule is CO/N=C/Cc1cc(=O)n(C)c(Cl)c1C(=O)OC. The van der Waals surface area contributed by atoms with E-state index < -0.39 is 5.97 Å². The molecular formula is C11H13ClN2O4. The molecule has 0 aliphatic carbocycles. The Kier molecular flexibility index (Phi) is 4.91. The highest BCUT2D eigenvalue weighted by Crippen LogP contribution is 2.18. The molecule has 0 aliphatic heterocycles. The Morgan fingerprint density at radius 2 is 2.22 bits per heavy atom. The van der Waals surface area contributed by atoms with Gasteiger partial charge < -0.3 is 14.1 Å². The summed E-state index contributed by atoms with van der Waals surface area (Å²) in [5.41, 5.74) is 0.285. The largest absolute Gasteiger partial charge is 0.465 e. The highest BCUT2D eigenvalue weighted by Gasteiger charge is 2.19. The maximum atomic E-state index is 11.7. The van der Waals surface area contributed by atoms with Gasteiger partial charge in [0.2, 0.25) is 0 Å². The van der Waals surface area contributed by atoms with Crippen molar-refractivity contribution in [3.8, 4) is 0 Å². The molecule has 7 heteroatoms. The number of ether oxygens (including phenoxy) is 1. The maximum absolute atomic E-state index is 11.7. The third kappa shape index (κ3) is 2.89. The third-order valence-corrected chi connectivity index (χ3v) is 2.77. The molecule has 6 nitrogen and oxygen atoms in total. The number of hydrogen-bond donors (Lipinski definition) is 0. The van der Waals surface area contributed by atoms with Crippen molar-refractivity contribution in [3.63, 3.8) is 0 Å². The number of carbonyl (C=O) groups is 1. The highest BCUT2D eigenvalue weighted by molar-refractivity contribution is 6.32. The van der Waals surface area contributed by atoms with Gasteiger partial charge in [-0.1, -0.05) is 16.8 Å². The van der Waals surface area contributed by atoms with Crippen LogP contribution in [0.4, 0.5) is 0 Å². The number of methoxy groups -OCH3 is 1. The van der Waals surface area contributed by atoms with Gasteiger partial charge in [-0.3, -0.25) is 4.79 Å². The third-order valence-electron chi connectivity index (χ3n) is 2.33. The first-order valence-electron chi connectivity index (χ1n) is 5.04. The van der Waals surface area contributed by atoms with Crippen LogP contribution in [0.5, 0.6) is 0 Å². The second-order valence-electron chi connectivity index (χ2n) is 3.40. The van der Waals surface area contributed by atoms with Crippen LogP contribution in [0.3, 0.4) is 0 Å². The molecule has 1 aromatic heterocycles. The van der Waals surface area contributed by atoms with Gasteiger partial charge in [-0.25, -0.2) is 4.79 Å². The molecule has 18 heavy (non-hydrogen) atoms. The molecule has 0 aliphatic rings. The van der Waals surface area contributed by atoms with Gasteiger partial charge >= 0.3 is 5.97 Å². The average Bonchev–Trinajstić information content (AvgIpc) is 2.36. The van der Waals surface area contributed by atoms with E-state index in [9.17, 15) is 9.59 Å². The van der Waals surface area contributed by atoms with Crippen LogP contribution in [-0.2, 0) is 23.0 Å². The summed E-state index contributed by atoms with van der Waals surface area (Å²) >= 11 is 5.98. The first-order chi connectivity index (χ1) is 8.52. The molecule has 0 spiro atoms. The summed E-state index contributed by atoms with van der Waals surface area (Å²) in [6.45, 7) is 0. The molecule has 0 saturated heterocycles. The average molecular weight is 273 g/mol. The molecule has 1 aromatic rings. The fraction of sp³-hybridized carbons (Fsp3) is 0.364. The molecule has 0 atom stereocenters. The van der Waals surface area contributed by atoms with Gasteiger partial charge in [-0.05, 0) is 5.56 Å². The van der Waals surface area contributed by atoms with Crippen molar-refractivity contribution in [1.82, 2.24) is 4.57 Å². The zero-order valence-electron chi connectivity index (χ0n) is 10.3. The summed E-state index contributed by atoms with van der Waals surface area (Å²) in [5, 5.41) is 3.58. The first-order valence-corrected chi connectivity index (χ1v) is 5.42. The van der Waals surface area contributed by atoms with Gasteiger partial charge in [0.1, 0.15) is 12.3 Å². The molecule has 1 heterocycles. The number of nitrogens with zero attached hydrogens (tertiary/aromatic N) is 2. The van der Waals surface area contributed by atoms with Gasteiger partial charge in [-0.2, -0.15) is 0 Å². The molecule has 0 amide bonds. The molecule has 0 unspecified atom stereocenters. The molecular weight excluding hydrogens is 260 g/mol. The molecule has 0 aromatic carbocycles. The van der Waals surface area contributed by atoms with E-state index in [1.165, 1.54) is 38.1 Å². The van der Waals surface area contributed by atoms with Crippen molar-refractivity contribution in [3.05, 3.63) is 32.7 Å². The van der Waals surface area contributed by atoms with Crippen molar-refractivity contribution in [2.45, 2.75) is 6.42 Å². The second kappa shape index (κ2) is 6.20. The minimum atomic E-state index is -0.601. The fourth-order valence-electron chi connectivity index (χ4n) is 1.40. The number of carbonyl (C=O) groups excluding carboxylic acids is 1. The lowest BCUT2D eigenvalue weighted by molar-refractivity contribution is 0.0599. The summed E-state index contributed by atoms with van der Waals surface area (Å²) < 4.78 is 5.82. The Balaban J connectivity index is 3.34. The summed E-state index contributed by atoms with van der Waals surface area (Å²) in [4.78, 5) is 27.8. The van der Waals surface area contributed by atoms with Crippen LogP contribution < -0.4 is 5.56 Å². The maximum Gasteiger partial charge on any atom is 0.341 e. The zero-order chi connectivity index (χ0) is 13.7. The smallest absolute Gasteiger partial charge is 0.341 e. The van der Waals surface area contributed by atoms with Crippen molar-refractivity contribution >= 4 is 23.8 Å². The number of oxime groups is 1. The number of esters is 1. The van der Waals surface area contributed by atoms with Crippen LogP contribution in [0, 0.1) is 0 Å². The number of hydrogen-bond acceptors (Lipinski definition) is 5. The number of halogens is 1. The zero-order valence-corrected chi connectivity index (χ0v) is 11.0. The van der Waals surface area contributed by atoms with Crippen LogP contribution in [0.25, 0.3) is 0 Å². The summed E-state index contributed by atoms with van der Waals surface area (Å²) in [5.74, 6) is -0.601. The lowest BCUT2D eigenvalue weighted by atomic mass is 10.1. The molecule has 0 saturated carbocycles. The molecule has 0 N–H and O–H groups in total. The van der Waals surface area contributed by atoms with Gasteiger partial charge in [-0.15, -0.1) is 0 Å². The van der Waals surface area contributed by atoms with Crippen LogP contribution in [0.1, 0.15) is 15.9 Å². The number of rotatable bonds is 4. The summed E-state index contributed by atoms with van der Waals surface area (Å²) in [6, 6.07) is 1.32. The van der Waals surface area contributed by atoms with Crippen molar-refractivity contribution in [2.75, 3.05) is 14.2 Å². The Morgan fingerprint density at radius 3 is 2.78 bits per heavy atom. The number of aromatic nitrogens is 1. The van der Waals surface area contributed by atoms with E-state index >= 15 is 0 Å². The van der Waals surface area contributed by atoms with Gasteiger partial charge in [0.15, 0.2) is 0 Å². The Labute approximate surface area is 109 Å². The van der Waals surface area contributed by atoms with E-state index in [4.69, 9.17) is 11.6 Å². The van der Waals surface area contributed by atoms with Crippen molar-refractivity contribution < 1.29 is 14.4 Å². The van der Waals surface area contributed by atoms with Gasteiger partial charge in [0.25, 0.3) is 5.56 Å². The molecule has 0 bridgehead atoms. The highest BCUT2D eigenvalue weighted by atomic mass is 35.5. The van der Waals surface area contributed by atoms with E-state index in [-0.39, 0.29) is 22.7 Å². The molecule has 98 valence electrons. The molecule has 0 fully saturated rings. The van der Waals surface area contributed by atoms with Gasteiger partial charge in [0, 0.05) is 25.7 Å². The Morgan fingerprint density at radius 1 is 1.56 bits per heavy atom. The monoisotopic (exact) mass is 272 g/mol. The normalized spacial score (nSPS) is 10.7. The second-order valence-corrected chi connectivity index (χ2v) is 3.76.